The van der Waals surface area contributed by atoms with Gasteiger partial charge in [-0.05, 0) is 116 Å². The molecule has 0 saturated heterocycles. The summed E-state index contributed by atoms with van der Waals surface area (Å²) in [6.07, 6.45) is -4.62. The van der Waals surface area contributed by atoms with Crippen LogP contribution in [0.25, 0.3) is 99.5 Å². The number of nitrogens with zero attached hydrogens (tertiary/aromatic N) is 4. The van der Waals surface area contributed by atoms with Gasteiger partial charge in [-0.15, -0.1) is 0 Å². The Labute approximate surface area is 402 Å². The van der Waals surface area contributed by atoms with Crippen molar-refractivity contribution in [3.05, 3.63) is 215 Å². The van der Waals surface area contributed by atoms with Crippen LogP contribution in [0.1, 0.15) is 66.6 Å². The van der Waals surface area contributed by atoms with Crippen molar-refractivity contribution in [1.82, 2.24) is 9.13 Å². The highest BCUT2D eigenvalue weighted by atomic mass is 19.4. The van der Waals surface area contributed by atoms with E-state index >= 15 is 0 Å². The molecule has 2 aliphatic carbocycles. The van der Waals surface area contributed by atoms with Gasteiger partial charge in [0, 0.05) is 43.5 Å². The number of rotatable bonds is 4. The minimum atomic E-state index is -4.62. The van der Waals surface area contributed by atoms with Crippen LogP contribution >= 0.6 is 0 Å². The first kappa shape index (κ1) is 41.5. The predicted octanol–water partition coefficient (Wildman–Crippen LogP) is 16.6. The maximum atomic E-state index is 14.1. The van der Waals surface area contributed by atoms with Crippen LogP contribution in [-0.2, 0) is 17.0 Å². The van der Waals surface area contributed by atoms with Crippen LogP contribution in [0, 0.1) is 22.7 Å². The summed E-state index contributed by atoms with van der Waals surface area (Å²) in [5, 5.41) is 25.5. The first-order valence-electron chi connectivity index (χ1n) is 23.5. The van der Waals surface area contributed by atoms with Crippen LogP contribution < -0.4 is 0 Å². The van der Waals surface area contributed by atoms with Crippen molar-refractivity contribution in [2.75, 3.05) is 0 Å². The normalized spacial score (nSPS) is 14.1. The number of nitriles is 2. The van der Waals surface area contributed by atoms with Gasteiger partial charge in [0.2, 0.25) is 0 Å². The molecule has 334 valence electrons. The van der Waals surface area contributed by atoms with Gasteiger partial charge in [0.25, 0.3) is 0 Å². The number of para-hydroxylation sites is 2. The topological polar surface area (TPSA) is 57.4 Å². The molecule has 0 fully saturated rings. The molecular weight excluding hydrogens is 870 g/mol. The lowest BCUT2D eigenvalue weighted by atomic mass is 9.80. The monoisotopic (exact) mass is 910 g/mol. The van der Waals surface area contributed by atoms with Gasteiger partial charge in [0.05, 0.1) is 62.3 Å². The van der Waals surface area contributed by atoms with Gasteiger partial charge in [-0.2, -0.15) is 23.7 Å². The summed E-state index contributed by atoms with van der Waals surface area (Å²) >= 11 is 0. The molecule has 0 amide bonds. The van der Waals surface area contributed by atoms with Crippen LogP contribution in [0.4, 0.5) is 13.2 Å². The maximum absolute atomic E-state index is 14.1. The summed E-state index contributed by atoms with van der Waals surface area (Å²) in [5.74, 6) is 0. The van der Waals surface area contributed by atoms with Crippen LogP contribution in [0.15, 0.2) is 176 Å². The van der Waals surface area contributed by atoms with Gasteiger partial charge in [-0.1, -0.05) is 143 Å². The fourth-order valence-corrected chi connectivity index (χ4v) is 12.4. The van der Waals surface area contributed by atoms with Crippen molar-refractivity contribution in [3.8, 4) is 68.0 Å². The summed E-state index contributed by atoms with van der Waals surface area (Å²) in [5.41, 5.74) is 16.9. The molecule has 0 radical (unpaired) electrons. The zero-order valence-corrected chi connectivity index (χ0v) is 38.7. The quantitative estimate of drug-likeness (QED) is 0.177. The number of alkyl halides is 3. The fraction of sp³-hybridized carbons (Fsp3) is 0.111. The van der Waals surface area contributed by atoms with E-state index in [1.54, 1.807) is 0 Å². The van der Waals surface area contributed by atoms with E-state index in [0.717, 1.165) is 72.9 Å². The van der Waals surface area contributed by atoms with E-state index in [1.165, 1.54) is 56.0 Å². The number of hydrogen-bond acceptors (Lipinski definition) is 2. The second-order valence-corrected chi connectivity index (χ2v) is 19.8. The molecule has 0 atom stereocenters. The van der Waals surface area contributed by atoms with Gasteiger partial charge in [0.15, 0.2) is 0 Å². The van der Waals surface area contributed by atoms with E-state index in [2.05, 4.69) is 164 Å². The van der Waals surface area contributed by atoms with Crippen LogP contribution in [0.5, 0.6) is 0 Å². The van der Waals surface area contributed by atoms with Crippen LogP contribution in [-0.4, -0.2) is 9.13 Å². The van der Waals surface area contributed by atoms with Crippen LogP contribution in [0.3, 0.4) is 0 Å². The van der Waals surface area contributed by atoms with Gasteiger partial charge in [-0.25, -0.2) is 0 Å². The minimum absolute atomic E-state index is 0.0804. The molecule has 70 heavy (non-hydrogen) atoms. The first-order chi connectivity index (χ1) is 33.8. The molecular formula is C63H41F3N4. The average molecular weight is 911 g/mol. The molecule has 0 unspecified atom stereocenters. The third kappa shape index (κ3) is 5.58. The van der Waals surface area contributed by atoms with E-state index < -0.39 is 11.7 Å². The molecule has 0 aliphatic heterocycles. The van der Waals surface area contributed by atoms with Crippen molar-refractivity contribution in [2.45, 2.75) is 44.7 Å². The molecule has 0 bridgehead atoms. The van der Waals surface area contributed by atoms with E-state index in [0.29, 0.717) is 16.7 Å². The molecule has 2 heterocycles. The molecule has 0 spiro atoms. The fourth-order valence-electron chi connectivity index (χ4n) is 12.4. The number of halogens is 3. The van der Waals surface area contributed by atoms with Crippen LogP contribution in [0.2, 0.25) is 0 Å². The Hall–Kier alpha value is -8.65. The zero-order valence-electron chi connectivity index (χ0n) is 38.7. The van der Waals surface area contributed by atoms with E-state index in [4.69, 9.17) is 0 Å². The lowest BCUT2D eigenvalue weighted by Crippen LogP contribution is -2.15. The molecule has 2 aliphatic rings. The summed E-state index contributed by atoms with van der Waals surface area (Å²) in [7, 11) is 0. The highest BCUT2D eigenvalue weighted by Crippen LogP contribution is 2.56. The van der Waals surface area contributed by atoms with Crippen molar-refractivity contribution in [3.63, 3.8) is 0 Å². The summed E-state index contributed by atoms with van der Waals surface area (Å²) in [6.45, 7) is 9.17. The third-order valence-electron chi connectivity index (χ3n) is 15.4. The van der Waals surface area contributed by atoms with Crippen molar-refractivity contribution < 1.29 is 13.2 Å². The SMILES string of the molecule is CC1(C)c2ccccc2-c2ccc3c(c21)c1ccccc1n3-c1ccc(C#N)cc1-c1ccc(-c2ccc(C(F)(F)F)cc2C#N)cc1-n1c2ccccc2c2c3c(ccc21)-c1ccccc1C3(C)C. The molecule has 11 aromatic rings. The number of fused-ring (bicyclic) bond motifs is 14. The van der Waals surface area contributed by atoms with E-state index in [1.807, 2.05) is 42.5 Å². The molecule has 0 saturated carbocycles. The smallest absolute Gasteiger partial charge is 0.309 e. The molecule has 7 heteroatoms. The van der Waals surface area contributed by atoms with Gasteiger partial charge >= 0.3 is 6.18 Å². The average Bonchev–Trinajstić information content (AvgIpc) is 4.04. The van der Waals surface area contributed by atoms with Crippen molar-refractivity contribution in [1.29, 1.82) is 10.5 Å². The Balaban J connectivity index is 1.14. The lowest BCUT2D eigenvalue weighted by Gasteiger charge is -2.23. The van der Waals surface area contributed by atoms with E-state index in [9.17, 15) is 23.7 Å². The summed E-state index contributed by atoms with van der Waals surface area (Å²) < 4.78 is 46.9. The highest BCUT2D eigenvalue weighted by Gasteiger charge is 2.40. The summed E-state index contributed by atoms with van der Waals surface area (Å²) in [6, 6.07) is 62.6. The van der Waals surface area contributed by atoms with Crippen molar-refractivity contribution >= 4 is 43.6 Å². The largest absolute Gasteiger partial charge is 0.416 e. The number of hydrogen-bond donors (Lipinski definition) is 0. The molecule has 4 nitrogen and oxygen atoms in total. The maximum Gasteiger partial charge on any atom is 0.416 e. The van der Waals surface area contributed by atoms with E-state index in [-0.39, 0.29) is 16.4 Å². The summed E-state index contributed by atoms with van der Waals surface area (Å²) in [4.78, 5) is 0. The Morgan fingerprint density at radius 1 is 0.429 bits per heavy atom. The standard InChI is InChI=1S/C63H41F3N4/c1-61(2)49-17-9-5-13-41(49)44-26-29-54-57(59(44)61)46-15-7-11-19-51(46)69(54)53-28-21-36(34-67)31-48(53)43-24-22-37(40-25-23-39(63(64,65)66)32-38(40)35-68)33-56(43)70-52-20-12-8-16-47(52)58-55(70)30-27-45-42-14-6-10-18-50(42)62(3,4)60(45)58/h5-33H,1-4H3. The van der Waals surface area contributed by atoms with Crippen molar-refractivity contribution in [2.24, 2.45) is 0 Å². The minimum Gasteiger partial charge on any atom is -0.309 e. The Bertz CT molecular complexity index is 4200. The lowest BCUT2D eigenvalue weighted by molar-refractivity contribution is -0.137. The second kappa shape index (κ2) is 14.4. The third-order valence-corrected chi connectivity index (χ3v) is 15.4. The van der Waals surface area contributed by atoms with Gasteiger partial charge in [-0.3, -0.25) is 0 Å². The zero-order chi connectivity index (χ0) is 48.0. The highest BCUT2D eigenvalue weighted by molar-refractivity contribution is 6.16. The van der Waals surface area contributed by atoms with Gasteiger partial charge < -0.3 is 9.13 Å². The number of benzene rings is 9. The predicted molar refractivity (Wildman–Crippen MR) is 276 cm³/mol. The first-order valence-corrected chi connectivity index (χ1v) is 23.5. The Morgan fingerprint density at radius 3 is 1.50 bits per heavy atom. The molecule has 0 N–H and O–H groups in total. The molecule has 2 aromatic heterocycles. The number of aromatic nitrogens is 2. The Kier molecular flexibility index (Phi) is 8.56. The molecule has 13 rings (SSSR count). The second-order valence-electron chi connectivity index (χ2n) is 19.8. The Morgan fingerprint density at radius 2 is 0.943 bits per heavy atom. The van der Waals surface area contributed by atoms with Gasteiger partial charge in [0.1, 0.15) is 0 Å². The molecule has 9 aromatic carbocycles.